The lowest BCUT2D eigenvalue weighted by Gasteiger charge is -2.49. The molecule has 24 heavy (non-hydrogen) atoms. The number of likely N-dealkylation sites (tertiary alicyclic amines) is 1. The predicted octanol–water partition coefficient (Wildman–Crippen LogP) is 4.10. The van der Waals surface area contributed by atoms with Gasteiger partial charge in [0, 0.05) is 6.42 Å². The zero-order valence-corrected chi connectivity index (χ0v) is 17.3. The predicted molar refractivity (Wildman–Crippen MR) is 95.8 cm³/mol. The number of nitrogens with one attached hydrogen (secondary N) is 1. The molecular formula is C16H33N4O3Si+. The monoisotopic (exact) mass is 357 g/mol. The van der Waals surface area contributed by atoms with Crippen LogP contribution in [0.3, 0.4) is 0 Å². The van der Waals surface area contributed by atoms with Gasteiger partial charge in [-0.1, -0.05) is 41.5 Å². The Balaban J connectivity index is 3.24. The molecule has 1 heterocycles. The van der Waals surface area contributed by atoms with Gasteiger partial charge in [-0.05, 0) is 23.5 Å². The highest BCUT2D eigenvalue weighted by atomic mass is 28.4. The van der Waals surface area contributed by atoms with Gasteiger partial charge in [-0.2, -0.15) is 0 Å². The minimum Gasteiger partial charge on any atom is -0.465 e. The molecule has 0 bridgehead atoms. The molecule has 1 fully saturated rings. The van der Waals surface area contributed by atoms with Crippen LogP contribution in [0.2, 0.25) is 18.1 Å². The summed E-state index contributed by atoms with van der Waals surface area (Å²) in [6, 6.07) is -0.291. The average molecular weight is 358 g/mol. The third-order valence-corrected chi connectivity index (χ3v) is 10.3. The maximum Gasteiger partial charge on any atom is 0.407 e. The van der Waals surface area contributed by atoms with Gasteiger partial charge in [0.2, 0.25) is 4.91 Å². The largest absolute Gasteiger partial charge is 0.465 e. The standard InChI is InChI=1S/C16H32N4O3Si/c1-14(2,3)16(11-23-24(7,8)15(4,5)6)9-12(18-19-17)10-20(16)13(21)22/h12,17H,9-11H2,1-8H3/p+1/t12-,16+/m0/s1. The maximum absolute atomic E-state index is 11.9. The topological polar surface area (TPSA) is 100 Å². The van der Waals surface area contributed by atoms with Gasteiger partial charge in [-0.25, -0.2) is 4.79 Å². The fourth-order valence-corrected chi connectivity index (χ4v) is 3.98. The van der Waals surface area contributed by atoms with Crippen molar-refractivity contribution in [3.05, 3.63) is 0 Å². The number of amides is 1. The molecule has 1 aliphatic heterocycles. The van der Waals surface area contributed by atoms with Gasteiger partial charge in [0.15, 0.2) is 14.4 Å². The molecule has 0 aromatic carbocycles. The molecule has 0 radical (unpaired) electrons. The van der Waals surface area contributed by atoms with Crippen molar-refractivity contribution in [1.82, 2.24) is 9.81 Å². The van der Waals surface area contributed by atoms with E-state index < -0.39 is 19.9 Å². The highest BCUT2D eigenvalue weighted by Crippen LogP contribution is 2.46. The molecule has 0 aromatic heterocycles. The van der Waals surface area contributed by atoms with E-state index >= 15 is 0 Å². The summed E-state index contributed by atoms with van der Waals surface area (Å²) >= 11 is 0. The van der Waals surface area contributed by atoms with E-state index in [1.54, 1.807) is 0 Å². The Morgan fingerprint density at radius 3 is 2.29 bits per heavy atom. The highest BCUT2D eigenvalue weighted by molar-refractivity contribution is 6.74. The smallest absolute Gasteiger partial charge is 0.407 e. The summed E-state index contributed by atoms with van der Waals surface area (Å²) in [5.41, 5.74) is 5.98. The van der Waals surface area contributed by atoms with Crippen LogP contribution in [0.25, 0.3) is 0 Å². The van der Waals surface area contributed by atoms with E-state index in [0.717, 1.165) is 0 Å². The number of carbonyl (C=O) groups is 1. The second-order valence-corrected chi connectivity index (χ2v) is 14.1. The van der Waals surface area contributed by atoms with E-state index in [-0.39, 0.29) is 23.0 Å². The minimum atomic E-state index is -2.01. The first-order chi connectivity index (χ1) is 10.7. The third-order valence-electron chi connectivity index (χ3n) is 5.81. The molecule has 1 rings (SSSR count). The summed E-state index contributed by atoms with van der Waals surface area (Å²) in [6.45, 7) is 17.6. The van der Waals surface area contributed by atoms with E-state index in [1.807, 2.05) is 20.8 Å². The van der Waals surface area contributed by atoms with Crippen molar-refractivity contribution in [1.29, 1.82) is 5.53 Å². The lowest BCUT2D eigenvalue weighted by molar-refractivity contribution is -0.00752. The van der Waals surface area contributed by atoms with Crippen LogP contribution in [0.1, 0.15) is 48.0 Å². The van der Waals surface area contributed by atoms with Crippen LogP contribution in [0, 0.1) is 10.9 Å². The lowest BCUT2D eigenvalue weighted by atomic mass is 9.72. The average Bonchev–Trinajstić information content (AvgIpc) is 2.75. The van der Waals surface area contributed by atoms with Crippen molar-refractivity contribution in [3.8, 4) is 0 Å². The van der Waals surface area contributed by atoms with Crippen molar-refractivity contribution in [2.45, 2.75) is 77.7 Å². The molecule has 0 saturated carbocycles. The zero-order chi connectivity index (χ0) is 19.0. The van der Waals surface area contributed by atoms with Crippen LogP contribution < -0.4 is 4.91 Å². The van der Waals surface area contributed by atoms with Gasteiger partial charge < -0.3 is 9.53 Å². The van der Waals surface area contributed by atoms with E-state index in [2.05, 4.69) is 43.9 Å². The van der Waals surface area contributed by atoms with E-state index in [4.69, 9.17) is 9.96 Å². The summed E-state index contributed by atoms with van der Waals surface area (Å²) in [6.07, 6.45) is -0.439. The first-order valence-corrected chi connectivity index (χ1v) is 11.3. The van der Waals surface area contributed by atoms with Crippen molar-refractivity contribution in [3.63, 3.8) is 0 Å². The quantitative estimate of drug-likeness (QED) is 0.450. The van der Waals surface area contributed by atoms with Crippen LogP contribution in [-0.4, -0.2) is 49.1 Å². The number of nitrogens with zero attached hydrogens (tertiary/aromatic N) is 3. The molecule has 1 aliphatic rings. The molecule has 138 valence electrons. The van der Waals surface area contributed by atoms with Crippen LogP contribution >= 0.6 is 0 Å². The zero-order valence-electron chi connectivity index (χ0n) is 16.3. The van der Waals surface area contributed by atoms with Crippen molar-refractivity contribution < 1.29 is 14.3 Å². The SMILES string of the molecule is CC(C)(C)[C@]1(CO[Si](C)(C)C(C)(C)C)C[C@H](N=[N+]=N)CN1C(=O)O. The molecule has 0 spiro atoms. The second kappa shape index (κ2) is 6.58. The van der Waals surface area contributed by atoms with E-state index in [9.17, 15) is 9.90 Å². The molecule has 8 heteroatoms. The van der Waals surface area contributed by atoms with Crippen LogP contribution in [0.4, 0.5) is 4.79 Å². The molecule has 0 unspecified atom stereocenters. The Hall–Kier alpha value is -1.24. The number of hydrogen-bond acceptors (Lipinski definition) is 4. The summed E-state index contributed by atoms with van der Waals surface area (Å²) in [7, 11) is -2.01. The molecule has 2 atom stereocenters. The number of rotatable bonds is 4. The highest BCUT2D eigenvalue weighted by Gasteiger charge is 2.57. The molecule has 0 aromatic rings. The molecule has 1 amide bonds. The fourth-order valence-electron chi connectivity index (χ4n) is 2.95. The fraction of sp³-hybridized carbons (Fsp3) is 0.938. The van der Waals surface area contributed by atoms with Crippen molar-refractivity contribution in [2.75, 3.05) is 13.2 Å². The Labute approximate surface area is 146 Å². The van der Waals surface area contributed by atoms with Crippen LogP contribution in [0.5, 0.6) is 0 Å². The molecule has 7 nitrogen and oxygen atoms in total. The van der Waals surface area contributed by atoms with Gasteiger partial charge >= 0.3 is 6.09 Å². The Kier molecular flexibility index (Phi) is 5.70. The summed E-state index contributed by atoms with van der Waals surface area (Å²) in [5, 5.41) is 13.7. The van der Waals surface area contributed by atoms with Crippen LogP contribution in [0.15, 0.2) is 5.11 Å². The van der Waals surface area contributed by atoms with Gasteiger partial charge in [0.25, 0.3) is 0 Å². The first kappa shape index (κ1) is 20.8. The molecule has 1 saturated heterocycles. The van der Waals surface area contributed by atoms with Gasteiger partial charge in [0.05, 0.1) is 18.7 Å². The van der Waals surface area contributed by atoms with Gasteiger partial charge in [-0.15, -0.1) is 0 Å². The molecule has 0 aliphatic carbocycles. The normalized spacial score (nSPS) is 25.5. The Morgan fingerprint density at radius 1 is 1.38 bits per heavy atom. The van der Waals surface area contributed by atoms with Crippen molar-refractivity contribution >= 4 is 14.4 Å². The first-order valence-electron chi connectivity index (χ1n) is 8.39. The molecular weight excluding hydrogens is 324 g/mol. The molecule has 2 N–H and O–H groups in total. The number of carboxylic acid groups (broad SMARTS) is 1. The van der Waals surface area contributed by atoms with E-state index in [0.29, 0.717) is 13.0 Å². The van der Waals surface area contributed by atoms with Crippen molar-refractivity contribution in [2.24, 2.45) is 10.5 Å². The summed E-state index contributed by atoms with van der Waals surface area (Å²) in [5.74, 6) is 0. The second-order valence-electron chi connectivity index (χ2n) is 9.30. The lowest BCUT2D eigenvalue weighted by Crippen LogP contribution is -2.60. The third kappa shape index (κ3) is 3.87. The number of hydrogen-bond donors (Lipinski definition) is 2. The van der Waals surface area contributed by atoms with Gasteiger partial charge in [0.1, 0.15) is 10.6 Å². The Morgan fingerprint density at radius 2 is 1.92 bits per heavy atom. The summed E-state index contributed by atoms with van der Waals surface area (Å²) < 4.78 is 6.43. The Bertz CT molecular complexity index is 532. The van der Waals surface area contributed by atoms with E-state index in [1.165, 1.54) is 4.90 Å². The van der Waals surface area contributed by atoms with Crippen LogP contribution in [-0.2, 0) is 4.43 Å². The maximum atomic E-state index is 11.9. The minimum absolute atomic E-state index is 0.0546. The summed E-state index contributed by atoms with van der Waals surface area (Å²) in [4.78, 5) is 16.5. The van der Waals surface area contributed by atoms with Gasteiger partial charge in [-0.3, -0.25) is 4.90 Å².